The molecular weight excluding hydrogens is 848 g/mol. The maximum atomic E-state index is 6.06. The molecule has 2 aromatic carbocycles. The summed E-state index contributed by atoms with van der Waals surface area (Å²) in [6.45, 7) is 5.65. The molecule has 8 heterocycles. The highest BCUT2D eigenvalue weighted by Crippen LogP contribution is 2.34. The summed E-state index contributed by atoms with van der Waals surface area (Å²) in [6, 6.07) is 23.8. The van der Waals surface area contributed by atoms with Crippen molar-refractivity contribution in [3.63, 3.8) is 0 Å². The average Bonchev–Trinajstić information content (AvgIpc) is 4.15. The number of aryl methyl sites for hydroxylation is 4. The van der Waals surface area contributed by atoms with Gasteiger partial charge in [0, 0.05) is 47.4 Å². The minimum Gasteiger partial charge on any atom is -0.479 e. The number of pyridine rings is 2. The first-order valence-electron chi connectivity index (χ1n) is 21.1. The molecule has 14 nitrogen and oxygen atoms in total. The van der Waals surface area contributed by atoms with Crippen LogP contribution in [0.15, 0.2) is 97.8 Å². The molecule has 0 fully saturated rings. The number of ether oxygens (including phenoxy) is 2. The van der Waals surface area contributed by atoms with Crippen LogP contribution < -0.4 is 9.47 Å². The fourth-order valence-corrected chi connectivity index (χ4v) is 8.35. The fraction of sp³-hybridized carbons (Fsp3) is 0.250. The third-order valence-corrected chi connectivity index (χ3v) is 11.7. The van der Waals surface area contributed by atoms with Crippen molar-refractivity contribution < 1.29 is 9.47 Å². The smallest absolute Gasteiger partial charge is 0.238 e. The van der Waals surface area contributed by atoms with Crippen LogP contribution in [0.2, 0.25) is 10.0 Å². The lowest BCUT2D eigenvalue weighted by Gasteiger charge is -2.22. The van der Waals surface area contributed by atoms with Gasteiger partial charge in [0.1, 0.15) is 23.0 Å². The Bertz CT molecular complexity index is 2750. The van der Waals surface area contributed by atoms with Gasteiger partial charge in [0.25, 0.3) is 0 Å². The van der Waals surface area contributed by atoms with E-state index in [0.29, 0.717) is 23.4 Å². The average molecular weight is 894 g/mol. The molecule has 10 rings (SSSR count). The highest BCUT2D eigenvalue weighted by Gasteiger charge is 2.27. The molecule has 0 N–H and O–H groups in total. The van der Waals surface area contributed by atoms with Crippen molar-refractivity contribution in [3.8, 4) is 23.1 Å². The number of fused-ring (bicyclic) bond motifs is 2. The molecule has 6 aromatic heterocycles. The molecular formula is C48H46Cl2N12O2. The maximum Gasteiger partial charge on any atom is 0.238 e. The van der Waals surface area contributed by atoms with Crippen LogP contribution in [0.5, 0.6) is 11.8 Å². The molecule has 0 saturated heterocycles. The molecule has 8 aromatic rings. The summed E-state index contributed by atoms with van der Waals surface area (Å²) in [4.78, 5) is 27.4. The molecule has 0 spiro atoms. The van der Waals surface area contributed by atoms with Gasteiger partial charge in [-0.1, -0.05) is 47.5 Å². The summed E-state index contributed by atoms with van der Waals surface area (Å²) in [6.07, 6.45) is 19.2. The topological polar surface area (TPSA) is 141 Å². The van der Waals surface area contributed by atoms with Gasteiger partial charge in [-0.2, -0.15) is 10.2 Å². The standard InChI is InChI=1S/2C24H23ClN6O/c2*1-16-14-30(15-26-16)21-11-9-19(27-24(21)32-2)10-12-22-28-23-20(4-3-13-31(23)29-22)17-5-7-18(25)8-6-17/h2*5-12,14-15,20H,3-4,13H2,1-2H3/b2*12-10+/t2*20-/m10/s1. The first-order chi connectivity index (χ1) is 31.2. The number of methoxy groups -OCH3 is 2. The Morgan fingerprint density at radius 2 is 0.969 bits per heavy atom. The van der Waals surface area contributed by atoms with E-state index in [-0.39, 0.29) is 11.8 Å². The molecule has 0 saturated carbocycles. The van der Waals surface area contributed by atoms with E-state index in [2.05, 4.69) is 44.2 Å². The Morgan fingerprint density at radius 3 is 1.34 bits per heavy atom. The zero-order valence-electron chi connectivity index (χ0n) is 35.9. The van der Waals surface area contributed by atoms with Gasteiger partial charge in [0.05, 0.1) is 49.6 Å². The second kappa shape index (κ2) is 18.8. The van der Waals surface area contributed by atoms with Crippen molar-refractivity contribution in [2.75, 3.05) is 14.2 Å². The summed E-state index contributed by atoms with van der Waals surface area (Å²) in [5.41, 5.74) is 7.52. The minimum atomic E-state index is 0.229. The van der Waals surface area contributed by atoms with E-state index in [4.69, 9.17) is 52.8 Å². The Kier molecular flexibility index (Phi) is 12.5. The predicted molar refractivity (Wildman–Crippen MR) is 248 cm³/mol. The molecule has 0 unspecified atom stereocenters. The molecule has 2 aliphatic rings. The van der Waals surface area contributed by atoms with Gasteiger partial charge < -0.3 is 18.6 Å². The normalized spacial score (nSPS) is 15.8. The summed E-state index contributed by atoms with van der Waals surface area (Å²) >= 11 is 12.1. The van der Waals surface area contributed by atoms with Crippen molar-refractivity contribution in [2.24, 2.45) is 0 Å². The number of hydrogen-bond acceptors (Lipinski definition) is 10. The van der Waals surface area contributed by atoms with E-state index in [9.17, 15) is 0 Å². The minimum absolute atomic E-state index is 0.229. The van der Waals surface area contributed by atoms with Crippen LogP contribution >= 0.6 is 23.2 Å². The second-order valence-electron chi connectivity index (χ2n) is 15.6. The molecule has 324 valence electrons. The van der Waals surface area contributed by atoms with Crippen molar-refractivity contribution in [1.29, 1.82) is 0 Å². The van der Waals surface area contributed by atoms with Gasteiger partial charge in [-0.15, -0.1) is 0 Å². The summed E-state index contributed by atoms with van der Waals surface area (Å²) in [5, 5.41) is 10.9. The van der Waals surface area contributed by atoms with Crippen molar-refractivity contribution in [2.45, 2.75) is 64.5 Å². The Morgan fingerprint density at radius 1 is 0.547 bits per heavy atom. The zero-order chi connectivity index (χ0) is 44.2. The van der Waals surface area contributed by atoms with Crippen LogP contribution in [0, 0.1) is 13.8 Å². The lowest BCUT2D eigenvalue weighted by Crippen LogP contribution is -2.17. The van der Waals surface area contributed by atoms with Gasteiger partial charge in [-0.05, 0) is 123 Å². The number of rotatable bonds is 10. The van der Waals surface area contributed by atoms with Crippen LogP contribution in [-0.2, 0) is 13.1 Å². The van der Waals surface area contributed by atoms with Gasteiger partial charge in [0.15, 0.2) is 11.6 Å². The number of hydrogen-bond donors (Lipinski definition) is 0. The van der Waals surface area contributed by atoms with E-state index >= 15 is 0 Å². The first kappa shape index (κ1) is 42.4. The molecule has 2 aliphatic heterocycles. The van der Waals surface area contributed by atoms with E-state index in [1.807, 2.05) is 118 Å². The van der Waals surface area contributed by atoms with Gasteiger partial charge in [-0.25, -0.2) is 39.3 Å². The van der Waals surface area contributed by atoms with Crippen molar-refractivity contribution >= 4 is 47.5 Å². The maximum absolute atomic E-state index is 6.06. The van der Waals surface area contributed by atoms with Gasteiger partial charge in [-0.3, -0.25) is 0 Å². The number of imidazole rings is 2. The monoisotopic (exact) mass is 892 g/mol. The Labute approximate surface area is 380 Å². The van der Waals surface area contributed by atoms with Crippen molar-refractivity contribution in [1.82, 2.24) is 58.6 Å². The van der Waals surface area contributed by atoms with Crippen LogP contribution in [0.1, 0.15) is 94.7 Å². The lowest BCUT2D eigenvalue weighted by atomic mass is 9.91. The molecule has 16 heteroatoms. The van der Waals surface area contributed by atoms with E-state index in [1.54, 1.807) is 26.9 Å². The van der Waals surface area contributed by atoms with E-state index in [1.165, 1.54) is 11.1 Å². The SMILES string of the molecule is COc1nc(/C=C/c2nc3n(n2)CCC[C@@H]3c2ccc(Cl)cc2)ccc1-n1cnc(C)c1.COc1nc(/C=C/c2nc3n(n2)CCC[C@H]3c2ccc(Cl)cc2)ccc1-n1cnc(C)c1. The molecule has 2 atom stereocenters. The third kappa shape index (κ3) is 9.38. The largest absolute Gasteiger partial charge is 0.479 e. The highest BCUT2D eigenvalue weighted by molar-refractivity contribution is 6.30. The zero-order valence-corrected chi connectivity index (χ0v) is 37.4. The third-order valence-electron chi connectivity index (χ3n) is 11.2. The van der Waals surface area contributed by atoms with Gasteiger partial charge >= 0.3 is 0 Å². The molecule has 64 heavy (non-hydrogen) atoms. The quantitative estimate of drug-likeness (QED) is 0.130. The predicted octanol–water partition coefficient (Wildman–Crippen LogP) is 9.85. The van der Waals surface area contributed by atoms with Crippen molar-refractivity contribution in [3.05, 3.63) is 165 Å². The number of benzene rings is 2. The van der Waals surface area contributed by atoms with Crippen LogP contribution in [0.3, 0.4) is 0 Å². The Hall–Kier alpha value is -6.90. The fourth-order valence-electron chi connectivity index (χ4n) is 8.10. The lowest BCUT2D eigenvalue weighted by molar-refractivity contribution is 0.395. The molecule has 0 bridgehead atoms. The summed E-state index contributed by atoms with van der Waals surface area (Å²) < 4.78 is 18.8. The molecule has 0 aliphatic carbocycles. The highest BCUT2D eigenvalue weighted by atomic mass is 35.5. The van der Waals surface area contributed by atoms with Crippen LogP contribution in [0.4, 0.5) is 0 Å². The van der Waals surface area contributed by atoms with Gasteiger partial charge in [0.2, 0.25) is 11.8 Å². The van der Waals surface area contributed by atoms with E-state index in [0.717, 1.165) is 94.6 Å². The summed E-state index contributed by atoms with van der Waals surface area (Å²) in [5.74, 6) is 4.86. The Balaban J connectivity index is 0.000000162. The number of halogens is 2. The number of nitrogens with zero attached hydrogens (tertiary/aromatic N) is 12. The van der Waals surface area contributed by atoms with Crippen LogP contribution in [-0.4, -0.2) is 72.8 Å². The van der Waals surface area contributed by atoms with E-state index < -0.39 is 0 Å². The summed E-state index contributed by atoms with van der Waals surface area (Å²) in [7, 11) is 3.23. The molecule has 0 radical (unpaired) electrons. The van der Waals surface area contributed by atoms with Crippen LogP contribution in [0.25, 0.3) is 35.7 Å². The second-order valence-corrected chi connectivity index (χ2v) is 16.5. The first-order valence-corrected chi connectivity index (χ1v) is 21.9. The molecule has 0 amide bonds. The number of aromatic nitrogens is 12.